The van der Waals surface area contributed by atoms with Crippen molar-refractivity contribution in [2.24, 2.45) is 0 Å². The number of imide groups is 1. The fourth-order valence-electron chi connectivity index (χ4n) is 1.33. The molecule has 0 aromatic heterocycles. The molecule has 1 aromatic carbocycles. The predicted molar refractivity (Wildman–Crippen MR) is 68.4 cm³/mol. The number of hydrogen-bond donors (Lipinski definition) is 1. The van der Waals surface area contributed by atoms with Gasteiger partial charge in [-0.25, -0.2) is 14.0 Å². The lowest BCUT2D eigenvalue weighted by Gasteiger charge is -2.12. The van der Waals surface area contributed by atoms with Crippen molar-refractivity contribution in [3.8, 4) is 5.75 Å². The molecule has 1 N–H and O–H groups in total. The second-order valence-corrected chi connectivity index (χ2v) is 3.88. The molecule has 1 rings (SSSR count). The van der Waals surface area contributed by atoms with Gasteiger partial charge in [0.05, 0.1) is 19.8 Å². The van der Waals surface area contributed by atoms with Gasteiger partial charge in [0.15, 0.2) is 17.7 Å². The second-order valence-electron chi connectivity index (χ2n) is 3.88. The van der Waals surface area contributed by atoms with Gasteiger partial charge in [0.25, 0.3) is 5.91 Å². The number of hydrogen-bond acceptors (Lipinski definition) is 6. The van der Waals surface area contributed by atoms with Gasteiger partial charge in [-0.1, -0.05) is 0 Å². The van der Waals surface area contributed by atoms with Gasteiger partial charge < -0.3 is 14.2 Å². The minimum absolute atomic E-state index is 0.0250. The van der Waals surface area contributed by atoms with Gasteiger partial charge in [-0.05, 0) is 25.1 Å². The van der Waals surface area contributed by atoms with Gasteiger partial charge >= 0.3 is 12.1 Å². The molecule has 0 heterocycles. The van der Waals surface area contributed by atoms with Gasteiger partial charge in [0, 0.05) is 0 Å². The number of rotatable bonds is 4. The first-order valence-corrected chi connectivity index (χ1v) is 5.82. The Balaban J connectivity index is 2.70. The first-order valence-electron chi connectivity index (χ1n) is 5.82. The van der Waals surface area contributed by atoms with E-state index >= 15 is 0 Å². The van der Waals surface area contributed by atoms with Crippen molar-refractivity contribution >= 4 is 18.0 Å². The smallest absolute Gasteiger partial charge is 0.413 e. The van der Waals surface area contributed by atoms with E-state index in [0.717, 1.165) is 13.2 Å². The van der Waals surface area contributed by atoms with Crippen LogP contribution in [-0.4, -0.2) is 38.3 Å². The van der Waals surface area contributed by atoms with E-state index in [1.165, 1.54) is 26.2 Å². The minimum Gasteiger partial charge on any atom is -0.494 e. The summed E-state index contributed by atoms with van der Waals surface area (Å²) >= 11 is 0. The maximum atomic E-state index is 13.5. The summed E-state index contributed by atoms with van der Waals surface area (Å²) in [5, 5.41) is 1.84. The Hall–Kier alpha value is -2.64. The van der Waals surface area contributed by atoms with Crippen molar-refractivity contribution in [3.63, 3.8) is 0 Å². The molecule has 1 atom stereocenters. The number of halogens is 1. The standard InChI is InChI=1S/C13H14FNO6/c1-7(11(16)15-13(18)20-3)21-12(17)8-4-5-10(19-2)9(14)6-8/h4-7H,1-3H3,(H,15,16,18)/t7-/m1/s1. The number of alkyl carbamates (subject to hydrolysis) is 1. The van der Waals surface area contributed by atoms with Crippen molar-refractivity contribution in [1.82, 2.24) is 5.32 Å². The number of carbonyl (C=O) groups is 3. The molecule has 114 valence electrons. The molecule has 0 fully saturated rings. The van der Waals surface area contributed by atoms with Crippen LogP contribution >= 0.6 is 0 Å². The summed E-state index contributed by atoms with van der Waals surface area (Å²) in [7, 11) is 2.37. The molecule has 0 aliphatic heterocycles. The van der Waals surface area contributed by atoms with Crippen molar-refractivity contribution in [2.45, 2.75) is 13.0 Å². The highest BCUT2D eigenvalue weighted by Gasteiger charge is 2.21. The summed E-state index contributed by atoms with van der Waals surface area (Å²) in [5.74, 6) is -2.53. The third-order valence-electron chi connectivity index (χ3n) is 2.45. The molecule has 0 unspecified atom stereocenters. The second kappa shape index (κ2) is 7.22. The van der Waals surface area contributed by atoms with Crippen molar-refractivity contribution in [3.05, 3.63) is 29.6 Å². The summed E-state index contributed by atoms with van der Waals surface area (Å²) < 4.78 is 27.2. The topological polar surface area (TPSA) is 90.9 Å². The summed E-state index contributed by atoms with van der Waals surface area (Å²) in [6, 6.07) is 3.46. The molecule has 0 aliphatic carbocycles. The van der Waals surface area contributed by atoms with Gasteiger partial charge in [-0.2, -0.15) is 0 Å². The molecule has 0 saturated heterocycles. The van der Waals surface area contributed by atoms with Crippen LogP contribution in [-0.2, 0) is 14.3 Å². The van der Waals surface area contributed by atoms with Gasteiger partial charge in [-0.15, -0.1) is 0 Å². The Labute approximate surface area is 120 Å². The van der Waals surface area contributed by atoms with Crippen molar-refractivity contribution < 1.29 is 33.0 Å². The molecule has 0 bridgehead atoms. The molecule has 0 saturated carbocycles. The average Bonchev–Trinajstić information content (AvgIpc) is 2.46. The fraction of sp³-hybridized carbons (Fsp3) is 0.308. The zero-order valence-electron chi connectivity index (χ0n) is 11.6. The zero-order chi connectivity index (χ0) is 16.0. The molecular weight excluding hydrogens is 285 g/mol. The van der Waals surface area contributed by atoms with Gasteiger partial charge in [0.1, 0.15) is 0 Å². The van der Waals surface area contributed by atoms with Crippen LogP contribution in [0.1, 0.15) is 17.3 Å². The highest BCUT2D eigenvalue weighted by molar-refractivity contribution is 5.97. The van der Waals surface area contributed by atoms with Crippen molar-refractivity contribution in [2.75, 3.05) is 14.2 Å². The van der Waals surface area contributed by atoms with Crippen LogP contribution in [0, 0.1) is 5.82 Å². The molecule has 8 heteroatoms. The normalized spacial score (nSPS) is 11.2. The highest BCUT2D eigenvalue weighted by atomic mass is 19.1. The third-order valence-corrected chi connectivity index (χ3v) is 2.45. The molecule has 0 spiro atoms. The lowest BCUT2D eigenvalue weighted by atomic mass is 10.2. The maximum absolute atomic E-state index is 13.5. The zero-order valence-corrected chi connectivity index (χ0v) is 11.6. The Morgan fingerprint density at radius 1 is 1.24 bits per heavy atom. The van der Waals surface area contributed by atoms with E-state index in [-0.39, 0.29) is 11.3 Å². The van der Waals surface area contributed by atoms with E-state index in [1.54, 1.807) is 0 Å². The van der Waals surface area contributed by atoms with Crippen LogP contribution in [0.3, 0.4) is 0 Å². The lowest BCUT2D eigenvalue weighted by molar-refractivity contribution is -0.128. The SMILES string of the molecule is COC(=O)NC(=O)[C@@H](C)OC(=O)c1ccc(OC)c(F)c1. The van der Waals surface area contributed by atoms with Crippen LogP contribution in [0.2, 0.25) is 0 Å². The van der Waals surface area contributed by atoms with E-state index in [4.69, 9.17) is 9.47 Å². The summed E-state index contributed by atoms with van der Waals surface area (Å²) in [6.07, 6.45) is -2.22. The number of benzene rings is 1. The monoisotopic (exact) mass is 299 g/mol. The molecule has 1 aromatic rings. The quantitative estimate of drug-likeness (QED) is 0.842. The number of ether oxygens (including phenoxy) is 3. The van der Waals surface area contributed by atoms with E-state index < -0.39 is 29.9 Å². The maximum Gasteiger partial charge on any atom is 0.413 e. The summed E-state index contributed by atoms with van der Waals surface area (Å²) in [4.78, 5) is 34.0. The molecule has 2 amide bonds. The van der Waals surface area contributed by atoms with E-state index in [2.05, 4.69) is 4.74 Å². The van der Waals surface area contributed by atoms with Crippen LogP contribution in [0.25, 0.3) is 0 Å². The number of amides is 2. The van der Waals surface area contributed by atoms with Crippen LogP contribution in [0.4, 0.5) is 9.18 Å². The van der Waals surface area contributed by atoms with E-state index in [1.807, 2.05) is 5.32 Å². The minimum atomic E-state index is -1.25. The Morgan fingerprint density at radius 2 is 1.90 bits per heavy atom. The lowest BCUT2D eigenvalue weighted by Crippen LogP contribution is -2.39. The predicted octanol–water partition coefficient (Wildman–Crippen LogP) is 1.26. The van der Waals surface area contributed by atoms with Crippen LogP contribution < -0.4 is 10.1 Å². The van der Waals surface area contributed by atoms with Gasteiger partial charge in [0.2, 0.25) is 0 Å². The van der Waals surface area contributed by atoms with E-state index in [0.29, 0.717) is 0 Å². The average molecular weight is 299 g/mol. The first-order chi connectivity index (χ1) is 9.88. The van der Waals surface area contributed by atoms with E-state index in [9.17, 15) is 18.8 Å². The summed E-state index contributed by atoms with van der Waals surface area (Å²) in [6.45, 7) is 1.26. The fourth-order valence-corrected chi connectivity index (χ4v) is 1.33. The first kappa shape index (κ1) is 16.4. The van der Waals surface area contributed by atoms with Crippen LogP contribution in [0.15, 0.2) is 18.2 Å². The molecule has 0 radical (unpaired) electrons. The number of carbonyl (C=O) groups excluding carboxylic acids is 3. The Kier molecular flexibility index (Phi) is 5.65. The third kappa shape index (κ3) is 4.44. The number of nitrogens with one attached hydrogen (secondary N) is 1. The van der Waals surface area contributed by atoms with Gasteiger partial charge in [-0.3, -0.25) is 10.1 Å². The Morgan fingerprint density at radius 3 is 2.43 bits per heavy atom. The van der Waals surface area contributed by atoms with Crippen molar-refractivity contribution in [1.29, 1.82) is 0 Å². The number of esters is 1. The number of methoxy groups -OCH3 is 2. The summed E-state index contributed by atoms with van der Waals surface area (Å²) in [5.41, 5.74) is -0.0916. The molecule has 0 aliphatic rings. The largest absolute Gasteiger partial charge is 0.494 e. The molecule has 7 nitrogen and oxygen atoms in total. The Bertz CT molecular complexity index is 560. The highest BCUT2D eigenvalue weighted by Crippen LogP contribution is 2.18. The van der Waals surface area contributed by atoms with Crippen LogP contribution in [0.5, 0.6) is 5.75 Å². The molecular formula is C13H14FNO6. The molecule has 21 heavy (non-hydrogen) atoms.